The second kappa shape index (κ2) is 8.19. The Hall–Kier alpha value is -1.76. The molecule has 0 atom stereocenters. The average Bonchev–Trinajstić information content (AvgIpc) is 2.56. The van der Waals surface area contributed by atoms with Crippen molar-refractivity contribution in [3.8, 4) is 11.5 Å². The maximum absolute atomic E-state index is 12.4. The number of nitrogens with one attached hydrogen (secondary N) is 1. The highest BCUT2D eigenvalue weighted by Gasteiger charge is 2.15. The van der Waals surface area contributed by atoms with E-state index in [2.05, 4.69) is 47.0 Å². The summed E-state index contributed by atoms with van der Waals surface area (Å²) in [7, 11) is 3.14. The Morgan fingerprint density at radius 2 is 1.78 bits per heavy atom. The maximum atomic E-state index is 12.4. The Morgan fingerprint density at radius 1 is 1.13 bits per heavy atom. The van der Waals surface area contributed by atoms with Crippen molar-refractivity contribution in [1.82, 2.24) is 5.32 Å². The quantitative estimate of drug-likeness (QED) is 0.720. The van der Waals surface area contributed by atoms with Gasteiger partial charge in [0.05, 0.1) is 19.8 Å². The summed E-state index contributed by atoms with van der Waals surface area (Å²) < 4.78 is 11.3. The molecule has 1 amide bonds. The van der Waals surface area contributed by atoms with Crippen LogP contribution in [0.5, 0.6) is 11.5 Å². The highest BCUT2D eigenvalue weighted by molar-refractivity contribution is 14.1. The van der Waals surface area contributed by atoms with Crippen LogP contribution in [0.3, 0.4) is 0 Å². The van der Waals surface area contributed by atoms with Crippen molar-refractivity contribution in [2.45, 2.75) is 13.3 Å². The fourth-order valence-corrected chi connectivity index (χ4v) is 3.01. The first-order valence-corrected chi connectivity index (χ1v) is 8.39. The molecule has 23 heavy (non-hydrogen) atoms. The second-order valence-corrected chi connectivity index (χ2v) is 6.28. The number of aryl methyl sites for hydroxylation is 1. The summed E-state index contributed by atoms with van der Waals surface area (Å²) in [4.78, 5) is 12.4. The largest absolute Gasteiger partial charge is 0.493 e. The fourth-order valence-electron chi connectivity index (χ4n) is 2.32. The number of carbonyl (C=O) groups is 1. The molecular weight excluding hydrogens is 405 g/mol. The van der Waals surface area contributed by atoms with Crippen LogP contribution in [-0.2, 0) is 6.42 Å². The lowest BCUT2D eigenvalue weighted by Crippen LogP contribution is -2.26. The van der Waals surface area contributed by atoms with E-state index in [1.807, 2.05) is 12.1 Å². The van der Waals surface area contributed by atoms with Gasteiger partial charge in [0, 0.05) is 10.1 Å². The third kappa shape index (κ3) is 4.37. The van der Waals surface area contributed by atoms with E-state index in [4.69, 9.17) is 9.47 Å². The van der Waals surface area contributed by atoms with Crippen molar-refractivity contribution in [3.63, 3.8) is 0 Å². The topological polar surface area (TPSA) is 47.6 Å². The molecule has 0 aliphatic carbocycles. The van der Waals surface area contributed by atoms with Crippen LogP contribution in [0.15, 0.2) is 36.4 Å². The van der Waals surface area contributed by atoms with Crippen LogP contribution in [0, 0.1) is 10.5 Å². The van der Waals surface area contributed by atoms with Crippen molar-refractivity contribution < 1.29 is 14.3 Å². The molecule has 0 aromatic heterocycles. The number of methoxy groups -OCH3 is 2. The highest BCUT2D eigenvalue weighted by Crippen LogP contribution is 2.31. The van der Waals surface area contributed by atoms with Gasteiger partial charge in [-0.1, -0.05) is 24.3 Å². The number of hydrogen-bond donors (Lipinski definition) is 1. The molecule has 0 spiro atoms. The highest BCUT2D eigenvalue weighted by atomic mass is 127. The Kier molecular flexibility index (Phi) is 6.27. The SMILES string of the molecule is COc1cc(I)c(C(=O)NCCc2ccccc2C)cc1OC. The predicted octanol–water partition coefficient (Wildman–Crippen LogP) is 3.59. The molecule has 2 aromatic rings. The lowest BCUT2D eigenvalue weighted by molar-refractivity contribution is 0.0953. The van der Waals surface area contributed by atoms with Crippen LogP contribution in [-0.4, -0.2) is 26.7 Å². The van der Waals surface area contributed by atoms with E-state index < -0.39 is 0 Å². The summed E-state index contributed by atoms with van der Waals surface area (Å²) in [6.07, 6.45) is 0.808. The molecule has 0 radical (unpaired) electrons. The average molecular weight is 425 g/mol. The molecular formula is C18H20INO3. The zero-order valence-electron chi connectivity index (χ0n) is 13.5. The molecule has 0 fully saturated rings. The Labute approximate surface area is 150 Å². The minimum absolute atomic E-state index is 0.107. The number of benzene rings is 2. The van der Waals surface area contributed by atoms with Gasteiger partial charge in [-0.2, -0.15) is 0 Å². The first-order valence-electron chi connectivity index (χ1n) is 7.31. The predicted molar refractivity (Wildman–Crippen MR) is 99.5 cm³/mol. The molecule has 2 aromatic carbocycles. The van der Waals surface area contributed by atoms with E-state index in [-0.39, 0.29) is 5.91 Å². The van der Waals surface area contributed by atoms with E-state index in [9.17, 15) is 4.79 Å². The summed E-state index contributed by atoms with van der Waals surface area (Å²) in [5, 5.41) is 2.96. The van der Waals surface area contributed by atoms with Gasteiger partial charge in [-0.25, -0.2) is 0 Å². The zero-order chi connectivity index (χ0) is 16.8. The summed E-state index contributed by atoms with van der Waals surface area (Å²) in [6.45, 7) is 2.67. The van der Waals surface area contributed by atoms with Gasteiger partial charge in [0.2, 0.25) is 0 Å². The zero-order valence-corrected chi connectivity index (χ0v) is 15.6. The third-order valence-electron chi connectivity index (χ3n) is 3.66. The molecule has 2 rings (SSSR count). The number of ether oxygens (including phenoxy) is 2. The molecule has 0 aliphatic rings. The van der Waals surface area contributed by atoms with Crippen molar-refractivity contribution in [2.24, 2.45) is 0 Å². The summed E-state index contributed by atoms with van der Waals surface area (Å²) >= 11 is 2.13. The van der Waals surface area contributed by atoms with E-state index >= 15 is 0 Å². The van der Waals surface area contributed by atoms with Gasteiger partial charge >= 0.3 is 0 Å². The van der Waals surface area contributed by atoms with Crippen molar-refractivity contribution in [3.05, 3.63) is 56.7 Å². The molecule has 122 valence electrons. The lowest BCUT2D eigenvalue weighted by Gasteiger charge is -2.12. The standard InChI is InChI=1S/C18H20INO3/c1-12-6-4-5-7-13(12)8-9-20-18(21)14-10-16(22-2)17(23-3)11-15(14)19/h4-7,10-11H,8-9H2,1-3H3,(H,20,21). The summed E-state index contributed by atoms with van der Waals surface area (Å²) in [6, 6.07) is 11.7. The number of amides is 1. The fraction of sp³-hybridized carbons (Fsp3) is 0.278. The van der Waals surface area contributed by atoms with Crippen LogP contribution in [0.25, 0.3) is 0 Å². The van der Waals surface area contributed by atoms with Crippen LogP contribution in [0.2, 0.25) is 0 Å². The number of carbonyl (C=O) groups excluding carboxylic acids is 1. The molecule has 5 heteroatoms. The Morgan fingerprint density at radius 3 is 2.43 bits per heavy atom. The van der Waals surface area contributed by atoms with Crippen molar-refractivity contribution in [1.29, 1.82) is 0 Å². The van der Waals surface area contributed by atoms with E-state index in [0.29, 0.717) is 23.6 Å². The van der Waals surface area contributed by atoms with Crippen molar-refractivity contribution in [2.75, 3.05) is 20.8 Å². The van der Waals surface area contributed by atoms with Gasteiger partial charge < -0.3 is 14.8 Å². The van der Waals surface area contributed by atoms with Gasteiger partial charge in [0.15, 0.2) is 11.5 Å². The van der Waals surface area contributed by atoms with E-state index in [1.165, 1.54) is 11.1 Å². The normalized spacial score (nSPS) is 10.3. The van der Waals surface area contributed by atoms with Gasteiger partial charge in [-0.15, -0.1) is 0 Å². The number of hydrogen-bond acceptors (Lipinski definition) is 3. The molecule has 0 bridgehead atoms. The smallest absolute Gasteiger partial charge is 0.252 e. The number of rotatable bonds is 6. The molecule has 0 unspecified atom stereocenters. The van der Waals surface area contributed by atoms with Crippen LogP contribution >= 0.6 is 22.6 Å². The molecule has 0 heterocycles. The monoisotopic (exact) mass is 425 g/mol. The van der Waals surface area contributed by atoms with Crippen LogP contribution in [0.4, 0.5) is 0 Å². The summed E-state index contributed by atoms with van der Waals surface area (Å²) in [5.74, 6) is 1.06. The lowest BCUT2D eigenvalue weighted by atomic mass is 10.1. The van der Waals surface area contributed by atoms with Gasteiger partial charge in [0.1, 0.15) is 0 Å². The first-order chi connectivity index (χ1) is 11.1. The molecule has 4 nitrogen and oxygen atoms in total. The molecule has 0 aliphatic heterocycles. The Bertz CT molecular complexity index is 701. The third-order valence-corrected chi connectivity index (χ3v) is 4.55. The van der Waals surface area contributed by atoms with Gasteiger partial charge in [-0.3, -0.25) is 4.79 Å². The summed E-state index contributed by atoms with van der Waals surface area (Å²) in [5.41, 5.74) is 3.07. The molecule has 0 saturated heterocycles. The Balaban J connectivity index is 2.05. The second-order valence-electron chi connectivity index (χ2n) is 5.12. The maximum Gasteiger partial charge on any atom is 0.252 e. The van der Waals surface area contributed by atoms with Crippen LogP contribution in [0.1, 0.15) is 21.5 Å². The molecule has 0 saturated carbocycles. The number of halogens is 1. The van der Waals surface area contributed by atoms with Crippen LogP contribution < -0.4 is 14.8 Å². The minimum Gasteiger partial charge on any atom is -0.493 e. The van der Waals surface area contributed by atoms with E-state index in [1.54, 1.807) is 26.4 Å². The van der Waals surface area contributed by atoms with Gasteiger partial charge in [-0.05, 0) is 59.2 Å². The van der Waals surface area contributed by atoms with Crippen molar-refractivity contribution >= 4 is 28.5 Å². The molecule has 1 N–H and O–H groups in total. The minimum atomic E-state index is -0.107. The van der Waals surface area contributed by atoms with E-state index in [0.717, 1.165) is 9.99 Å². The van der Waals surface area contributed by atoms with Gasteiger partial charge in [0.25, 0.3) is 5.91 Å². The first kappa shape index (κ1) is 17.6.